The first-order valence-electron chi connectivity index (χ1n) is 7.01. The summed E-state index contributed by atoms with van der Waals surface area (Å²) in [6.45, 7) is 4.88. The fourth-order valence-electron chi connectivity index (χ4n) is 2.44. The molecule has 0 saturated carbocycles. The van der Waals surface area contributed by atoms with Crippen LogP contribution < -0.4 is 5.56 Å². The standard InChI is InChI=1S/C17H15FN2O3/c1-4-23-17(22)15-10(2)14(9-19)11(3)20(16(15)21)13-7-5-12(18)6-8-13/h5-8H,4H2,1-3H3. The second kappa shape index (κ2) is 6.44. The van der Waals surface area contributed by atoms with Crippen LogP contribution >= 0.6 is 0 Å². The first-order valence-corrected chi connectivity index (χ1v) is 7.01. The van der Waals surface area contributed by atoms with Gasteiger partial charge in [-0.2, -0.15) is 5.26 Å². The van der Waals surface area contributed by atoms with Gasteiger partial charge in [0.05, 0.1) is 12.2 Å². The molecular weight excluding hydrogens is 299 g/mol. The maximum atomic E-state index is 13.1. The molecule has 0 bridgehead atoms. The van der Waals surface area contributed by atoms with Gasteiger partial charge in [0, 0.05) is 11.4 Å². The molecule has 5 nitrogen and oxygen atoms in total. The Bertz CT molecular complexity index is 861. The first kappa shape index (κ1) is 16.4. The van der Waals surface area contributed by atoms with Gasteiger partial charge in [-0.1, -0.05) is 0 Å². The van der Waals surface area contributed by atoms with Crippen molar-refractivity contribution in [1.82, 2.24) is 4.57 Å². The highest BCUT2D eigenvalue weighted by molar-refractivity contribution is 5.91. The maximum absolute atomic E-state index is 13.1. The summed E-state index contributed by atoms with van der Waals surface area (Å²) in [7, 11) is 0. The second-order valence-corrected chi connectivity index (χ2v) is 4.91. The largest absolute Gasteiger partial charge is 0.462 e. The predicted octanol–water partition coefficient (Wildman–Crippen LogP) is 2.64. The molecule has 118 valence electrons. The SMILES string of the molecule is CCOC(=O)c1c(C)c(C#N)c(C)n(-c2ccc(F)cc2)c1=O. The van der Waals surface area contributed by atoms with Crippen molar-refractivity contribution in [2.24, 2.45) is 0 Å². The van der Waals surface area contributed by atoms with E-state index in [9.17, 15) is 19.2 Å². The monoisotopic (exact) mass is 314 g/mol. The van der Waals surface area contributed by atoms with Crippen molar-refractivity contribution in [3.05, 3.63) is 62.8 Å². The third-order valence-electron chi connectivity index (χ3n) is 3.54. The number of esters is 1. The molecule has 1 aromatic heterocycles. The summed E-state index contributed by atoms with van der Waals surface area (Å²) in [6, 6.07) is 7.24. The molecule has 1 heterocycles. The normalized spacial score (nSPS) is 10.2. The molecule has 0 N–H and O–H groups in total. The molecule has 0 radical (unpaired) electrons. The smallest absolute Gasteiger partial charge is 0.344 e. The van der Waals surface area contributed by atoms with Crippen molar-refractivity contribution >= 4 is 5.97 Å². The zero-order chi connectivity index (χ0) is 17.1. The molecule has 1 aromatic carbocycles. The Labute approximate surface area is 132 Å². The summed E-state index contributed by atoms with van der Waals surface area (Å²) in [6.07, 6.45) is 0. The van der Waals surface area contributed by atoms with Crippen LogP contribution in [0.4, 0.5) is 4.39 Å². The van der Waals surface area contributed by atoms with Crippen LogP contribution in [0.15, 0.2) is 29.1 Å². The lowest BCUT2D eigenvalue weighted by Gasteiger charge is -2.16. The molecule has 0 aliphatic carbocycles. The summed E-state index contributed by atoms with van der Waals surface area (Å²) in [5.74, 6) is -1.22. The molecule has 0 unspecified atom stereocenters. The van der Waals surface area contributed by atoms with E-state index in [2.05, 4.69) is 0 Å². The van der Waals surface area contributed by atoms with E-state index in [1.807, 2.05) is 6.07 Å². The lowest BCUT2D eigenvalue weighted by atomic mass is 10.0. The van der Waals surface area contributed by atoms with E-state index in [1.165, 1.54) is 35.8 Å². The molecule has 2 rings (SSSR count). The Kier molecular flexibility index (Phi) is 4.60. The number of carbonyl (C=O) groups is 1. The number of halogens is 1. The molecule has 0 amide bonds. The highest BCUT2D eigenvalue weighted by atomic mass is 19.1. The molecule has 6 heteroatoms. The number of ether oxygens (including phenoxy) is 1. The molecule has 0 aliphatic rings. The van der Waals surface area contributed by atoms with Crippen molar-refractivity contribution in [3.8, 4) is 11.8 Å². The maximum Gasteiger partial charge on any atom is 0.344 e. The summed E-state index contributed by atoms with van der Waals surface area (Å²) in [5, 5.41) is 9.36. The van der Waals surface area contributed by atoms with Crippen LogP contribution in [0.25, 0.3) is 5.69 Å². The first-order chi connectivity index (χ1) is 10.9. The van der Waals surface area contributed by atoms with E-state index >= 15 is 0 Å². The van der Waals surface area contributed by atoms with Crippen LogP contribution in [0.1, 0.15) is 34.1 Å². The van der Waals surface area contributed by atoms with Gasteiger partial charge in [-0.15, -0.1) is 0 Å². The number of benzene rings is 1. The molecule has 23 heavy (non-hydrogen) atoms. The second-order valence-electron chi connectivity index (χ2n) is 4.91. The van der Waals surface area contributed by atoms with E-state index in [4.69, 9.17) is 4.74 Å². The third-order valence-corrected chi connectivity index (χ3v) is 3.54. The van der Waals surface area contributed by atoms with Crippen molar-refractivity contribution in [2.75, 3.05) is 6.61 Å². The van der Waals surface area contributed by atoms with Crippen LogP contribution in [0.3, 0.4) is 0 Å². The van der Waals surface area contributed by atoms with Gasteiger partial charge >= 0.3 is 5.97 Å². The number of pyridine rings is 1. The number of carbonyl (C=O) groups excluding carboxylic acids is 1. The fourth-order valence-corrected chi connectivity index (χ4v) is 2.44. The van der Waals surface area contributed by atoms with E-state index in [0.717, 1.165) is 0 Å². The van der Waals surface area contributed by atoms with Gasteiger partial charge in [-0.25, -0.2) is 9.18 Å². The Hall–Kier alpha value is -2.94. The van der Waals surface area contributed by atoms with Gasteiger partial charge in [0.25, 0.3) is 5.56 Å². The van der Waals surface area contributed by atoms with Gasteiger partial charge in [-0.05, 0) is 50.6 Å². The molecule has 2 aromatic rings. The van der Waals surface area contributed by atoms with Crippen molar-refractivity contribution in [1.29, 1.82) is 5.26 Å². The van der Waals surface area contributed by atoms with Crippen LogP contribution in [-0.4, -0.2) is 17.1 Å². The van der Waals surface area contributed by atoms with Gasteiger partial charge in [0.15, 0.2) is 0 Å². The lowest BCUT2D eigenvalue weighted by Crippen LogP contribution is -2.30. The van der Waals surface area contributed by atoms with Gasteiger partial charge in [-0.3, -0.25) is 9.36 Å². The number of hydrogen-bond donors (Lipinski definition) is 0. The number of nitriles is 1. The van der Waals surface area contributed by atoms with E-state index < -0.39 is 17.3 Å². The van der Waals surface area contributed by atoms with Crippen LogP contribution in [-0.2, 0) is 4.74 Å². The highest BCUT2D eigenvalue weighted by Crippen LogP contribution is 2.19. The van der Waals surface area contributed by atoms with Crippen molar-refractivity contribution in [3.63, 3.8) is 0 Å². The predicted molar refractivity (Wildman–Crippen MR) is 82.1 cm³/mol. The quantitative estimate of drug-likeness (QED) is 0.816. The number of hydrogen-bond acceptors (Lipinski definition) is 4. The summed E-state index contributed by atoms with van der Waals surface area (Å²) < 4.78 is 19.2. The topological polar surface area (TPSA) is 72.1 Å². The van der Waals surface area contributed by atoms with E-state index in [1.54, 1.807) is 13.8 Å². The van der Waals surface area contributed by atoms with Crippen molar-refractivity contribution in [2.45, 2.75) is 20.8 Å². The van der Waals surface area contributed by atoms with Crippen molar-refractivity contribution < 1.29 is 13.9 Å². The Morgan fingerprint density at radius 1 is 1.30 bits per heavy atom. The summed E-state index contributed by atoms with van der Waals surface area (Å²) >= 11 is 0. The van der Waals surface area contributed by atoms with Gasteiger partial charge in [0.2, 0.25) is 0 Å². The molecular formula is C17H15FN2O3. The van der Waals surface area contributed by atoms with Crippen LogP contribution in [0.2, 0.25) is 0 Å². The molecule has 0 saturated heterocycles. The van der Waals surface area contributed by atoms with E-state index in [0.29, 0.717) is 11.4 Å². The lowest BCUT2D eigenvalue weighted by molar-refractivity contribution is 0.0523. The minimum absolute atomic E-state index is 0.115. The Morgan fingerprint density at radius 2 is 1.91 bits per heavy atom. The minimum atomic E-state index is -0.776. The number of aromatic nitrogens is 1. The summed E-state index contributed by atoms with van der Waals surface area (Å²) in [5.41, 5.74) is 0.483. The molecule has 0 spiro atoms. The fraction of sp³-hybridized carbons (Fsp3) is 0.235. The Morgan fingerprint density at radius 3 is 2.43 bits per heavy atom. The van der Waals surface area contributed by atoms with Crippen LogP contribution in [0.5, 0.6) is 0 Å². The van der Waals surface area contributed by atoms with Crippen LogP contribution in [0, 0.1) is 31.0 Å². The average molecular weight is 314 g/mol. The third kappa shape index (κ3) is 2.86. The van der Waals surface area contributed by atoms with Gasteiger partial charge in [0.1, 0.15) is 17.4 Å². The van der Waals surface area contributed by atoms with E-state index in [-0.39, 0.29) is 23.3 Å². The van der Waals surface area contributed by atoms with Gasteiger partial charge < -0.3 is 4.74 Å². The number of nitrogens with zero attached hydrogens (tertiary/aromatic N) is 2. The highest BCUT2D eigenvalue weighted by Gasteiger charge is 2.23. The Balaban J connectivity index is 2.85. The zero-order valence-electron chi connectivity index (χ0n) is 13.0. The number of rotatable bonds is 3. The zero-order valence-corrected chi connectivity index (χ0v) is 13.0. The summed E-state index contributed by atoms with van der Waals surface area (Å²) in [4.78, 5) is 24.8. The molecule has 0 fully saturated rings. The molecule has 0 atom stereocenters. The minimum Gasteiger partial charge on any atom is -0.462 e. The average Bonchev–Trinajstić information content (AvgIpc) is 2.50. The molecule has 0 aliphatic heterocycles.